The molecular formula is C22H19N3O6. The molecule has 9 nitrogen and oxygen atoms in total. The van der Waals surface area contributed by atoms with Crippen molar-refractivity contribution >= 4 is 23.3 Å². The summed E-state index contributed by atoms with van der Waals surface area (Å²) in [6.45, 7) is 1.40. The summed E-state index contributed by atoms with van der Waals surface area (Å²) < 4.78 is 17.2. The highest BCUT2D eigenvalue weighted by Crippen LogP contribution is 2.37. The van der Waals surface area contributed by atoms with Crippen LogP contribution in [0.4, 0.5) is 5.69 Å². The van der Waals surface area contributed by atoms with E-state index < -0.39 is 18.5 Å². The van der Waals surface area contributed by atoms with E-state index in [4.69, 9.17) is 14.2 Å². The van der Waals surface area contributed by atoms with Gasteiger partial charge in [0.1, 0.15) is 0 Å². The van der Waals surface area contributed by atoms with Crippen LogP contribution in [0.15, 0.2) is 54.9 Å². The summed E-state index contributed by atoms with van der Waals surface area (Å²) in [5, 5.41) is 6.72. The van der Waals surface area contributed by atoms with Gasteiger partial charge in [0.15, 0.2) is 23.9 Å². The van der Waals surface area contributed by atoms with E-state index in [-0.39, 0.29) is 29.4 Å². The number of esters is 1. The lowest BCUT2D eigenvalue weighted by Gasteiger charge is -2.10. The molecule has 4 rings (SSSR count). The summed E-state index contributed by atoms with van der Waals surface area (Å²) in [5.41, 5.74) is 1.80. The first kappa shape index (κ1) is 20.1. The van der Waals surface area contributed by atoms with Crippen LogP contribution in [0.5, 0.6) is 11.5 Å². The Morgan fingerprint density at radius 2 is 1.87 bits per heavy atom. The molecule has 1 amide bonds. The minimum atomic E-state index is -0.674. The number of hydrogen-bond donors (Lipinski definition) is 1. The number of ether oxygens (including phenoxy) is 3. The van der Waals surface area contributed by atoms with Gasteiger partial charge in [0, 0.05) is 17.8 Å². The molecule has 3 aromatic rings. The van der Waals surface area contributed by atoms with Gasteiger partial charge in [0.05, 0.1) is 24.0 Å². The summed E-state index contributed by atoms with van der Waals surface area (Å²) in [5.74, 6) is -0.667. The van der Waals surface area contributed by atoms with Crippen LogP contribution in [-0.4, -0.2) is 40.8 Å². The van der Waals surface area contributed by atoms with Crippen LogP contribution in [0, 0.1) is 0 Å². The van der Waals surface area contributed by atoms with E-state index in [0.29, 0.717) is 18.0 Å². The van der Waals surface area contributed by atoms with Crippen molar-refractivity contribution < 1.29 is 28.6 Å². The molecule has 2 heterocycles. The fourth-order valence-corrected chi connectivity index (χ4v) is 3.06. The van der Waals surface area contributed by atoms with Gasteiger partial charge in [-0.1, -0.05) is 30.3 Å². The molecule has 1 aliphatic rings. The molecular weight excluding hydrogens is 402 g/mol. The van der Waals surface area contributed by atoms with Gasteiger partial charge in [-0.05, 0) is 18.6 Å². The number of hydrogen-bond acceptors (Lipinski definition) is 7. The molecule has 0 unspecified atom stereocenters. The number of ketones is 1. The first-order valence-corrected chi connectivity index (χ1v) is 9.47. The molecule has 1 aliphatic heterocycles. The number of benzene rings is 2. The second-order valence-corrected chi connectivity index (χ2v) is 6.84. The first-order chi connectivity index (χ1) is 15.0. The van der Waals surface area contributed by atoms with Gasteiger partial charge >= 0.3 is 5.97 Å². The van der Waals surface area contributed by atoms with E-state index in [9.17, 15) is 14.4 Å². The second-order valence-electron chi connectivity index (χ2n) is 6.84. The summed E-state index contributed by atoms with van der Waals surface area (Å²) in [7, 11) is 0. The Labute approximate surface area is 177 Å². The quantitative estimate of drug-likeness (QED) is 0.461. The van der Waals surface area contributed by atoms with Crippen molar-refractivity contribution in [3.63, 3.8) is 0 Å². The molecule has 31 heavy (non-hydrogen) atoms. The maximum Gasteiger partial charge on any atom is 0.341 e. The molecule has 0 aliphatic carbocycles. The summed E-state index contributed by atoms with van der Waals surface area (Å²) in [4.78, 5) is 36.4. The second kappa shape index (κ2) is 8.70. The highest BCUT2D eigenvalue weighted by atomic mass is 16.7. The zero-order valence-electron chi connectivity index (χ0n) is 16.7. The third-order valence-corrected chi connectivity index (χ3v) is 4.56. The van der Waals surface area contributed by atoms with Crippen LogP contribution in [-0.2, 0) is 16.1 Å². The van der Waals surface area contributed by atoms with E-state index in [1.165, 1.54) is 25.3 Å². The zero-order chi connectivity index (χ0) is 21.8. The van der Waals surface area contributed by atoms with E-state index >= 15 is 0 Å². The van der Waals surface area contributed by atoms with E-state index in [1.54, 1.807) is 10.9 Å². The minimum Gasteiger partial charge on any atom is -0.454 e. The van der Waals surface area contributed by atoms with Crippen LogP contribution < -0.4 is 14.8 Å². The number of nitrogens with zero attached hydrogens (tertiary/aromatic N) is 2. The molecule has 1 aromatic heterocycles. The minimum absolute atomic E-state index is 0.0413. The Hall–Kier alpha value is -4.14. The largest absolute Gasteiger partial charge is 0.454 e. The standard InChI is InChI=1S/C22H19N3O6/c1-14(26)17-7-19-20(31-13-30-19)8-18(17)24-21(27)12-29-22(28)16-9-23-25(11-16)10-15-5-3-2-4-6-15/h2-9,11H,10,12-13H2,1H3,(H,24,27). The van der Waals surface area contributed by atoms with Gasteiger partial charge in [-0.15, -0.1) is 0 Å². The number of aromatic nitrogens is 2. The van der Waals surface area contributed by atoms with Gasteiger partial charge in [-0.25, -0.2) is 4.79 Å². The fourth-order valence-electron chi connectivity index (χ4n) is 3.06. The molecule has 0 fully saturated rings. The number of amides is 1. The lowest BCUT2D eigenvalue weighted by molar-refractivity contribution is -0.119. The van der Waals surface area contributed by atoms with E-state index in [1.807, 2.05) is 30.3 Å². The van der Waals surface area contributed by atoms with Crippen molar-refractivity contribution in [2.45, 2.75) is 13.5 Å². The van der Waals surface area contributed by atoms with Crippen molar-refractivity contribution in [1.82, 2.24) is 9.78 Å². The number of anilines is 1. The zero-order valence-corrected chi connectivity index (χ0v) is 16.7. The number of carbonyl (C=O) groups is 3. The van der Waals surface area contributed by atoms with Crippen LogP contribution in [0.25, 0.3) is 0 Å². The normalized spacial score (nSPS) is 11.8. The van der Waals surface area contributed by atoms with Gasteiger partial charge in [-0.3, -0.25) is 14.3 Å². The number of nitrogens with one attached hydrogen (secondary N) is 1. The monoisotopic (exact) mass is 421 g/mol. The predicted molar refractivity (Wildman–Crippen MR) is 109 cm³/mol. The maximum absolute atomic E-state index is 12.3. The van der Waals surface area contributed by atoms with Gasteiger partial charge in [-0.2, -0.15) is 5.10 Å². The summed E-state index contributed by atoms with van der Waals surface area (Å²) in [6, 6.07) is 12.7. The van der Waals surface area contributed by atoms with E-state index in [0.717, 1.165) is 5.56 Å². The molecule has 0 saturated carbocycles. The molecule has 1 N–H and O–H groups in total. The molecule has 158 valence electrons. The van der Waals surface area contributed by atoms with Crippen LogP contribution in [0.1, 0.15) is 33.2 Å². The number of fused-ring (bicyclic) bond motifs is 1. The molecule has 9 heteroatoms. The topological polar surface area (TPSA) is 109 Å². The van der Waals surface area contributed by atoms with Crippen molar-refractivity contribution in [1.29, 1.82) is 0 Å². The average molecular weight is 421 g/mol. The Balaban J connectivity index is 1.35. The van der Waals surface area contributed by atoms with Gasteiger partial charge in [0.25, 0.3) is 5.91 Å². The van der Waals surface area contributed by atoms with Gasteiger partial charge in [0.2, 0.25) is 6.79 Å². The van der Waals surface area contributed by atoms with Crippen molar-refractivity contribution in [3.05, 3.63) is 71.5 Å². The molecule has 0 atom stereocenters. The number of Topliss-reactive ketones (excluding diaryl/α,β-unsaturated/α-hetero) is 1. The van der Waals surface area contributed by atoms with E-state index in [2.05, 4.69) is 10.4 Å². The molecule has 2 aromatic carbocycles. The highest BCUT2D eigenvalue weighted by Gasteiger charge is 2.21. The number of rotatable bonds is 7. The molecule has 0 radical (unpaired) electrons. The molecule has 0 spiro atoms. The van der Waals surface area contributed by atoms with Crippen LogP contribution >= 0.6 is 0 Å². The summed E-state index contributed by atoms with van der Waals surface area (Å²) >= 11 is 0. The highest BCUT2D eigenvalue weighted by molar-refractivity contribution is 6.05. The molecule has 0 saturated heterocycles. The smallest absolute Gasteiger partial charge is 0.341 e. The predicted octanol–water partition coefficient (Wildman–Crippen LogP) is 2.66. The summed E-state index contributed by atoms with van der Waals surface area (Å²) in [6.07, 6.45) is 2.94. The third-order valence-electron chi connectivity index (χ3n) is 4.56. The van der Waals surface area contributed by atoms with Crippen LogP contribution in [0.3, 0.4) is 0 Å². The third kappa shape index (κ3) is 4.72. The Kier molecular flexibility index (Phi) is 5.65. The Bertz CT molecular complexity index is 1140. The number of carbonyl (C=O) groups excluding carboxylic acids is 3. The van der Waals surface area contributed by atoms with Crippen molar-refractivity contribution in [2.75, 3.05) is 18.7 Å². The lowest BCUT2D eigenvalue weighted by Crippen LogP contribution is -2.22. The van der Waals surface area contributed by atoms with Crippen LogP contribution in [0.2, 0.25) is 0 Å². The van der Waals surface area contributed by atoms with Gasteiger partial charge < -0.3 is 19.5 Å². The average Bonchev–Trinajstić information content (AvgIpc) is 3.41. The Morgan fingerprint density at radius 1 is 1.13 bits per heavy atom. The first-order valence-electron chi connectivity index (χ1n) is 9.47. The SMILES string of the molecule is CC(=O)c1cc2c(cc1NC(=O)COC(=O)c1cnn(Cc3ccccc3)c1)OCO2. The maximum atomic E-state index is 12.3. The fraction of sp³-hybridized carbons (Fsp3) is 0.182. The Morgan fingerprint density at radius 3 is 2.61 bits per heavy atom. The van der Waals surface area contributed by atoms with Crippen molar-refractivity contribution in [3.8, 4) is 11.5 Å². The lowest BCUT2D eigenvalue weighted by atomic mass is 10.1. The van der Waals surface area contributed by atoms with Crippen molar-refractivity contribution in [2.24, 2.45) is 0 Å². The molecule has 0 bridgehead atoms.